The highest BCUT2D eigenvalue weighted by molar-refractivity contribution is 7.99. The first-order valence-corrected chi connectivity index (χ1v) is 10.5. The molecular formula is C21H18ClN5O2S. The Kier molecular flexibility index (Phi) is 5.61. The highest BCUT2D eigenvalue weighted by atomic mass is 35.5. The third-order valence-electron chi connectivity index (χ3n) is 4.66. The highest BCUT2D eigenvalue weighted by Gasteiger charge is 2.17. The van der Waals surface area contributed by atoms with Gasteiger partial charge in [0, 0.05) is 17.3 Å². The number of carbonyl (C=O) groups is 1. The molecule has 2 heterocycles. The second kappa shape index (κ2) is 8.33. The van der Waals surface area contributed by atoms with Crippen LogP contribution in [0.25, 0.3) is 16.7 Å². The highest BCUT2D eigenvalue weighted by Crippen LogP contribution is 2.24. The molecule has 0 aliphatic rings. The Balaban J connectivity index is 1.67. The predicted octanol–water partition coefficient (Wildman–Crippen LogP) is 3.92. The smallest absolute Gasteiger partial charge is 0.263 e. The SMILES string of the molecule is C=CCn1c(=O)c2ccccc2n2c(SCC(=O)Nc3cccc(Cl)c3C)nnc12. The fourth-order valence-electron chi connectivity index (χ4n) is 3.18. The Hall–Kier alpha value is -3.10. The first-order chi connectivity index (χ1) is 14.5. The summed E-state index contributed by atoms with van der Waals surface area (Å²) in [6.45, 7) is 5.88. The molecule has 0 atom stereocenters. The number of fused-ring (bicyclic) bond motifs is 3. The minimum atomic E-state index is -0.189. The van der Waals surface area contributed by atoms with E-state index in [2.05, 4.69) is 22.1 Å². The van der Waals surface area contributed by atoms with Crippen LogP contribution < -0.4 is 10.9 Å². The Morgan fingerprint density at radius 3 is 2.83 bits per heavy atom. The van der Waals surface area contributed by atoms with Crippen molar-refractivity contribution >= 4 is 51.6 Å². The molecule has 9 heteroatoms. The molecule has 0 spiro atoms. The lowest BCUT2D eigenvalue weighted by molar-refractivity contribution is -0.113. The number of nitrogens with zero attached hydrogens (tertiary/aromatic N) is 4. The number of anilines is 1. The molecule has 2 aromatic carbocycles. The van der Waals surface area contributed by atoms with E-state index in [1.54, 1.807) is 34.7 Å². The maximum Gasteiger partial charge on any atom is 0.263 e. The molecule has 0 fully saturated rings. The molecule has 0 aliphatic heterocycles. The van der Waals surface area contributed by atoms with Crippen LogP contribution in [0.4, 0.5) is 5.69 Å². The minimum Gasteiger partial charge on any atom is -0.325 e. The van der Waals surface area contributed by atoms with Gasteiger partial charge < -0.3 is 5.32 Å². The Bertz CT molecular complexity index is 1340. The number of carbonyl (C=O) groups excluding carboxylic acids is 1. The van der Waals surface area contributed by atoms with E-state index in [1.807, 2.05) is 25.1 Å². The van der Waals surface area contributed by atoms with Crippen LogP contribution in [-0.4, -0.2) is 30.8 Å². The van der Waals surface area contributed by atoms with Crippen LogP contribution in [0.1, 0.15) is 5.56 Å². The summed E-state index contributed by atoms with van der Waals surface area (Å²) in [4.78, 5) is 25.3. The topological polar surface area (TPSA) is 81.3 Å². The van der Waals surface area contributed by atoms with Crippen molar-refractivity contribution in [1.29, 1.82) is 0 Å². The summed E-state index contributed by atoms with van der Waals surface area (Å²) in [6, 6.07) is 12.6. The van der Waals surface area contributed by atoms with Crippen molar-refractivity contribution in [2.24, 2.45) is 0 Å². The fraction of sp³-hybridized carbons (Fsp3) is 0.143. The van der Waals surface area contributed by atoms with Gasteiger partial charge in [0.05, 0.1) is 16.7 Å². The lowest BCUT2D eigenvalue weighted by atomic mass is 10.2. The number of hydrogen-bond acceptors (Lipinski definition) is 5. The summed E-state index contributed by atoms with van der Waals surface area (Å²) < 4.78 is 3.31. The number of thioether (sulfide) groups is 1. The zero-order valence-corrected chi connectivity index (χ0v) is 17.7. The molecule has 4 aromatic rings. The molecule has 30 heavy (non-hydrogen) atoms. The zero-order valence-electron chi connectivity index (χ0n) is 16.1. The van der Waals surface area contributed by atoms with Crippen LogP contribution in [0.2, 0.25) is 5.02 Å². The van der Waals surface area contributed by atoms with Crippen molar-refractivity contribution in [2.45, 2.75) is 18.6 Å². The molecular weight excluding hydrogens is 422 g/mol. The number of halogens is 1. The Morgan fingerprint density at radius 2 is 2.03 bits per heavy atom. The minimum absolute atomic E-state index is 0.127. The van der Waals surface area contributed by atoms with Crippen molar-refractivity contribution in [1.82, 2.24) is 19.2 Å². The number of benzene rings is 2. The number of rotatable bonds is 6. The number of aromatic nitrogens is 4. The molecule has 0 aliphatic carbocycles. The van der Waals surface area contributed by atoms with Crippen molar-refractivity contribution in [3.63, 3.8) is 0 Å². The van der Waals surface area contributed by atoms with E-state index in [4.69, 9.17) is 11.6 Å². The monoisotopic (exact) mass is 439 g/mol. The molecule has 0 bridgehead atoms. The molecule has 0 radical (unpaired) electrons. The normalized spacial score (nSPS) is 11.1. The van der Waals surface area contributed by atoms with E-state index in [0.717, 1.165) is 5.56 Å². The van der Waals surface area contributed by atoms with Crippen molar-refractivity contribution < 1.29 is 4.79 Å². The van der Waals surface area contributed by atoms with Gasteiger partial charge in [-0.1, -0.05) is 47.6 Å². The number of hydrogen-bond donors (Lipinski definition) is 1. The first kappa shape index (κ1) is 20.2. The molecule has 2 aromatic heterocycles. The maximum atomic E-state index is 12.8. The number of nitrogens with one attached hydrogen (secondary N) is 1. The van der Waals surface area contributed by atoms with Gasteiger partial charge in [0.25, 0.3) is 5.56 Å². The van der Waals surface area contributed by atoms with Gasteiger partial charge in [0.15, 0.2) is 5.16 Å². The van der Waals surface area contributed by atoms with Crippen LogP contribution in [-0.2, 0) is 11.3 Å². The summed E-state index contributed by atoms with van der Waals surface area (Å²) in [5.41, 5.74) is 2.02. The number of allylic oxidation sites excluding steroid dienone is 1. The molecule has 1 N–H and O–H groups in total. The van der Waals surface area contributed by atoms with Crippen molar-refractivity contribution in [3.05, 3.63) is 76.1 Å². The van der Waals surface area contributed by atoms with E-state index in [1.165, 1.54) is 16.3 Å². The second-order valence-electron chi connectivity index (χ2n) is 6.59. The van der Waals surface area contributed by atoms with E-state index >= 15 is 0 Å². The second-order valence-corrected chi connectivity index (χ2v) is 7.94. The van der Waals surface area contributed by atoms with Gasteiger partial charge in [-0.2, -0.15) is 0 Å². The lowest BCUT2D eigenvalue weighted by Crippen LogP contribution is -2.22. The largest absolute Gasteiger partial charge is 0.325 e. The van der Waals surface area contributed by atoms with Crippen LogP contribution in [0, 0.1) is 6.92 Å². The van der Waals surface area contributed by atoms with Gasteiger partial charge in [-0.25, -0.2) is 0 Å². The van der Waals surface area contributed by atoms with Crippen LogP contribution in [0.15, 0.2) is 65.1 Å². The average Bonchev–Trinajstić information content (AvgIpc) is 3.17. The lowest BCUT2D eigenvalue weighted by Gasteiger charge is -2.10. The van der Waals surface area contributed by atoms with Crippen molar-refractivity contribution in [2.75, 3.05) is 11.1 Å². The Labute approximate surface area is 181 Å². The van der Waals surface area contributed by atoms with Crippen molar-refractivity contribution in [3.8, 4) is 0 Å². The molecule has 152 valence electrons. The van der Waals surface area contributed by atoms with Gasteiger partial charge in [-0.05, 0) is 36.8 Å². The number of amides is 1. The molecule has 4 rings (SSSR count). The standard InChI is InChI=1S/C21H18ClN5O2S/c1-3-11-26-19(29)14-7-4-5-10-17(14)27-20(26)24-25-21(27)30-12-18(28)23-16-9-6-8-15(22)13(16)2/h3-10H,1,11-12H2,2H3,(H,23,28). The predicted molar refractivity (Wildman–Crippen MR) is 120 cm³/mol. The maximum absolute atomic E-state index is 12.8. The van der Waals surface area contributed by atoms with E-state index in [0.29, 0.717) is 39.1 Å². The van der Waals surface area contributed by atoms with Crippen LogP contribution in [0.3, 0.4) is 0 Å². The summed E-state index contributed by atoms with van der Waals surface area (Å²) >= 11 is 7.36. The quantitative estimate of drug-likeness (QED) is 0.363. The molecule has 0 unspecified atom stereocenters. The van der Waals surface area contributed by atoms with Gasteiger partial charge in [-0.3, -0.25) is 18.6 Å². The summed E-state index contributed by atoms with van der Waals surface area (Å²) in [5, 5.41) is 13.0. The first-order valence-electron chi connectivity index (χ1n) is 9.16. The summed E-state index contributed by atoms with van der Waals surface area (Å²) in [6.07, 6.45) is 1.64. The van der Waals surface area contributed by atoms with Gasteiger partial charge in [0.2, 0.25) is 11.7 Å². The third-order valence-corrected chi connectivity index (χ3v) is 6.00. The molecule has 7 nitrogen and oxygen atoms in total. The van der Waals surface area contributed by atoms with Crippen LogP contribution in [0.5, 0.6) is 0 Å². The third kappa shape index (κ3) is 3.59. The average molecular weight is 440 g/mol. The zero-order chi connectivity index (χ0) is 21.3. The molecule has 1 amide bonds. The summed E-state index contributed by atoms with van der Waals surface area (Å²) in [7, 11) is 0. The van der Waals surface area contributed by atoms with Gasteiger partial charge in [0.1, 0.15) is 0 Å². The van der Waals surface area contributed by atoms with E-state index in [-0.39, 0.29) is 17.2 Å². The fourth-order valence-corrected chi connectivity index (χ4v) is 4.09. The van der Waals surface area contributed by atoms with Gasteiger partial charge >= 0.3 is 0 Å². The Morgan fingerprint density at radius 1 is 1.23 bits per heavy atom. The van der Waals surface area contributed by atoms with E-state index < -0.39 is 0 Å². The summed E-state index contributed by atoms with van der Waals surface area (Å²) in [5.74, 6) is 0.347. The van der Waals surface area contributed by atoms with E-state index in [9.17, 15) is 9.59 Å². The molecule has 0 saturated carbocycles. The number of para-hydroxylation sites is 1. The molecule has 0 saturated heterocycles. The van der Waals surface area contributed by atoms with Crippen LogP contribution >= 0.6 is 23.4 Å². The van der Waals surface area contributed by atoms with Gasteiger partial charge in [-0.15, -0.1) is 16.8 Å².